The topological polar surface area (TPSA) is 127 Å². The molecule has 3 rings (SSSR count). The Morgan fingerprint density at radius 3 is 2.67 bits per heavy atom. The number of hydrogen-bond acceptors (Lipinski definition) is 8. The number of hydrazine groups is 1. The van der Waals surface area contributed by atoms with Crippen LogP contribution < -0.4 is 16.6 Å². The van der Waals surface area contributed by atoms with Crippen molar-refractivity contribution >= 4 is 11.9 Å². The van der Waals surface area contributed by atoms with Crippen molar-refractivity contribution in [3.05, 3.63) is 18.5 Å². The lowest BCUT2D eigenvalue weighted by molar-refractivity contribution is 0.0613. The molecule has 0 unspecified atom stereocenters. The van der Waals surface area contributed by atoms with Gasteiger partial charge in [0.2, 0.25) is 11.9 Å². The molecule has 1 aliphatic carbocycles. The van der Waals surface area contributed by atoms with Gasteiger partial charge in [0, 0.05) is 18.9 Å². The predicted octanol–water partition coefficient (Wildman–Crippen LogP) is 0.0599. The molecule has 1 fully saturated rings. The van der Waals surface area contributed by atoms with Gasteiger partial charge in [-0.15, -0.1) is 0 Å². The fourth-order valence-electron chi connectivity index (χ4n) is 2.45. The van der Waals surface area contributed by atoms with E-state index in [4.69, 9.17) is 5.84 Å². The predicted molar refractivity (Wildman–Crippen MR) is 76.7 cm³/mol. The molecule has 2 aromatic heterocycles. The highest BCUT2D eigenvalue weighted by Crippen LogP contribution is 2.29. The highest BCUT2D eigenvalue weighted by atomic mass is 16.3. The number of aliphatic hydroxyl groups is 1. The first-order chi connectivity index (χ1) is 10.2. The van der Waals surface area contributed by atoms with Crippen LogP contribution in [0.3, 0.4) is 0 Å². The number of hydrogen-bond donors (Lipinski definition) is 4. The average molecular weight is 290 g/mol. The Bertz CT molecular complexity index is 593. The van der Waals surface area contributed by atoms with Crippen LogP contribution in [0, 0.1) is 0 Å². The first kappa shape index (κ1) is 13.7. The van der Waals surface area contributed by atoms with Crippen molar-refractivity contribution in [2.45, 2.75) is 31.3 Å². The van der Waals surface area contributed by atoms with Crippen molar-refractivity contribution in [2.75, 3.05) is 17.3 Å². The zero-order chi connectivity index (χ0) is 14.7. The zero-order valence-electron chi connectivity index (χ0n) is 11.5. The molecule has 0 bridgehead atoms. The van der Waals surface area contributed by atoms with Crippen LogP contribution in [0.4, 0.5) is 11.9 Å². The third-order valence-electron chi connectivity index (χ3n) is 3.57. The summed E-state index contributed by atoms with van der Waals surface area (Å²) in [5.41, 5.74) is 1.72. The van der Waals surface area contributed by atoms with Gasteiger partial charge in [-0.3, -0.25) is 5.43 Å². The van der Waals surface area contributed by atoms with Gasteiger partial charge >= 0.3 is 0 Å². The number of nitrogens with one attached hydrogen (secondary N) is 2. The van der Waals surface area contributed by atoms with E-state index in [1.165, 1.54) is 4.68 Å². The van der Waals surface area contributed by atoms with E-state index in [0.717, 1.165) is 25.7 Å². The van der Waals surface area contributed by atoms with Crippen LogP contribution >= 0.6 is 0 Å². The number of rotatable bonds is 5. The number of nitrogens with two attached hydrogens (primary N) is 1. The van der Waals surface area contributed by atoms with Gasteiger partial charge in [-0.1, -0.05) is 12.8 Å². The summed E-state index contributed by atoms with van der Waals surface area (Å²) in [5.74, 6) is 6.31. The van der Waals surface area contributed by atoms with Crippen LogP contribution in [0.2, 0.25) is 0 Å². The Balaban J connectivity index is 1.79. The van der Waals surface area contributed by atoms with E-state index >= 15 is 0 Å². The molecule has 0 radical (unpaired) electrons. The summed E-state index contributed by atoms with van der Waals surface area (Å²) in [6.45, 7) is 0.402. The Labute approximate surface area is 121 Å². The van der Waals surface area contributed by atoms with Crippen LogP contribution in [0.5, 0.6) is 0 Å². The summed E-state index contributed by atoms with van der Waals surface area (Å²) in [5, 5.41) is 17.5. The lowest BCUT2D eigenvalue weighted by Crippen LogP contribution is -2.34. The maximum atomic E-state index is 10.3. The summed E-state index contributed by atoms with van der Waals surface area (Å²) in [7, 11) is 0. The highest BCUT2D eigenvalue weighted by Gasteiger charge is 2.31. The maximum Gasteiger partial charge on any atom is 0.257 e. The van der Waals surface area contributed by atoms with Crippen LogP contribution in [0.25, 0.3) is 5.95 Å². The molecule has 0 aliphatic heterocycles. The molecule has 1 saturated carbocycles. The van der Waals surface area contributed by atoms with E-state index in [2.05, 4.69) is 30.8 Å². The molecule has 21 heavy (non-hydrogen) atoms. The molecule has 9 heteroatoms. The Morgan fingerprint density at radius 2 is 2.00 bits per heavy atom. The first-order valence-electron chi connectivity index (χ1n) is 6.87. The molecule has 1 aliphatic rings. The standard InChI is InChI=1S/C12H18N8O/c13-19-10-16-9(14-8-12(21)4-1-2-5-12)17-11(18-10)20-7-3-6-15-20/h3,6-7,21H,1-2,4-5,8,13H2,(H2,14,16,17,18,19). The third kappa shape index (κ3) is 3.09. The smallest absolute Gasteiger partial charge is 0.257 e. The van der Waals surface area contributed by atoms with Gasteiger partial charge in [0.25, 0.3) is 5.95 Å². The summed E-state index contributed by atoms with van der Waals surface area (Å²) >= 11 is 0. The van der Waals surface area contributed by atoms with Crippen molar-refractivity contribution in [1.29, 1.82) is 0 Å². The summed E-state index contributed by atoms with van der Waals surface area (Å²) in [4.78, 5) is 12.5. The molecule has 0 atom stereocenters. The quantitative estimate of drug-likeness (QED) is 0.450. The molecular weight excluding hydrogens is 272 g/mol. The molecule has 0 spiro atoms. The van der Waals surface area contributed by atoms with Crippen LogP contribution in [0.1, 0.15) is 25.7 Å². The number of nitrogens with zero attached hydrogens (tertiary/aromatic N) is 5. The van der Waals surface area contributed by atoms with Crippen LogP contribution in [-0.2, 0) is 0 Å². The minimum atomic E-state index is -0.686. The Morgan fingerprint density at radius 1 is 1.24 bits per heavy atom. The van der Waals surface area contributed by atoms with E-state index in [-0.39, 0.29) is 5.95 Å². The van der Waals surface area contributed by atoms with Gasteiger partial charge in [0.1, 0.15) is 0 Å². The van der Waals surface area contributed by atoms with E-state index < -0.39 is 5.60 Å². The van der Waals surface area contributed by atoms with E-state index in [0.29, 0.717) is 18.4 Å². The lowest BCUT2D eigenvalue weighted by Gasteiger charge is -2.22. The van der Waals surface area contributed by atoms with Gasteiger partial charge in [0.15, 0.2) is 0 Å². The second-order valence-electron chi connectivity index (χ2n) is 5.16. The molecule has 2 heterocycles. The van der Waals surface area contributed by atoms with E-state index in [1.54, 1.807) is 18.5 Å². The van der Waals surface area contributed by atoms with Crippen LogP contribution in [-0.4, -0.2) is 42.0 Å². The second kappa shape index (κ2) is 5.62. The lowest BCUT2D eigenvalue weighted by atomic mass is 10.0. The van der Waals surface area contributed by atoms with Crippen molar-refractivity contribution in [3.8, 4) is 5.95 Å². The van der Waals surface area contributed by atoms with Gasteiger partial charge < -0.3 is 10.4 Å². The monoisotopic (exact) mass is 290 g/mol. The third-order valence-corrected chi connectivity index (χ3v) is 3.57. The highest BCUT2D eigenvalue weighted by molar-refractivity contribution is 5.37. The SMILES string of the molecule is NNc1nc(NCC2(O)CCCC2)nc(-n2cccn2)n1. The van der Waals surface area contributed by atoms with Gasteiger partial charge in [-0.25, -0.2) is 10.5 Å². The number of nitrogen functional groups attached to an aromatic ring is 1. The minimum Gasteiger partial charge on any atom is -0.388 e. The van der Waals surface area contributed by atoms with Gasteiger partial charge in [-0.05, 0) is 18.9 Å². The largest absolute Gasteiger partial charge is 0.388 e. The van der Waals surface area contributed by atoms with Crippen LogP contribution in [0.15, 0.2) is 18.5 Å². The summed E-state index contributed by atoms with van der Waals surface area (Å²) < 4.78 is 1.51. The summed E-state index contributed by atoms with van der Waals surface area (Å²) in [6.07, 6.45) is 7.03. The fourth-order valence-corrected chi connectivity index (χ4v) is 2.45. The van der Waals surface area contributed by atoms with Crippen molar-refractivity contribution in [1.82, 2.24) is 24.7 Å². The molecule has 0 amide bonds. The summed E-state index contributed by atoms with van der Waals surface area (Å²) in [6, 6.07) is 1.77. The Hall–Kier alpha value is -2.26. The van der Waals surface area contributed by atoms with E-state index in [1.807, 2.05) is 0 Å². The maximum absolute atomic E-state index is 10.3. The number of aromatic nitrogens is 5. The molecule has 9 nitrogen and oxygen atoms in total. The molecule has 0 aromatic carbocycles. The number of anilines is 2. The molecule has 0 saturated heterocycles. The molecular formula is C12H18N8O. The Kier molecular flexibility index (Phi) is 3.67. The minimum absolute atomic E-state index is 0.233. The molecule has 112 valence electrons. The first-order valence-corrected chi connectivity index (χ1v) is 6.87. The zero-order valence-corrected chi connectivity index (χ0v) is 11.5. The van der Waals surface area contributed by atoms with E-state index in [9.17, 15) is 5.11 Å². The van der Waals surface area contributed by atoms with Gasteiger partial charge in [0.05, 0.1) is 5.60 Å². The van der Waals surface area contributed by atoms with Gasteiger partial charge in [-0.2, -0.15) is 20.1 Å². The van der Waals surface area contributed by atoms with Crippen molar-refractivity contribution < 1.29 is 5.11 Å². The fraction of sp³-hybridized carbons (Fsp3) is 0.500. The van der Waals surface area contributed by atoms with Crippen molar-refractivity contribution in [3.63, 3.8) is 0 Å². The molecule has 5 N–H and O–H groups in total. The normalized spacial score (nSPS) is 16.9. The average Bonchev–Trinajstić information content (AvgIpc) is 3.17. The van der Waals surface area contributed by atoms with Crippen molar-refractivity contribution in [2.24, 2.45) is 5.84 Å². The molecule has 2 aromatic rings. The second-order valence-corrected chi connectivity index (χ2v) is 5.16.